The Kier molecular flexibility index (Phi) is 3.88. The highest BCUT2D eigenvalue weighted by molar-refractivity contribution is 5.81. The molecule has 0 fully saturated rings. The Labute approximate surface area is 113 Å². The Morgan fingerprint density at radius 1 is 1.32 bits per heavy atom. The summed E-state index contributed by atoms with van der Waals surface area (Å²) < 4.78 is 6.84. The zero-order valence-electron chi connectivity index (χ0n) is 11.9. The van der Waals surface area contributed by atoms with Crippen LogP contribution in [0.4, 0.5) is 0 Å². The van der Waals surface area contributed by atoms with E-state index in [1.165, 1.54) is 7.11 Å². The number of imidazole rings is 1. The van der Waals surface area contributed by atoms with Gasteiger partial charge in [-0.3, -0.25) is 0 Å². The van der Waals surface area contributed by atoms with Gasteiger partial charge in [-0.05, 0) is 25.0 Å². The zero-order chi connectivity index (χ0) is 14.0. The number of carbonyl (C=O) groups is 1. The van der Waals surface area contributed by atoms with Crippen molar-refractivity contribution in [3.8, 4) is 0 Å². The smallest absolute Gasteiger partial charge is 0.328 e. The van der Waals surface area contributed by atoms with E-state index < -0.39 is 0 Å². The Morgan fingerprint density at radius 2 is 2.00 bits per heavy atom. The maximum atomic E-state index is 11.8. The number of carbonyl (C=O) groups excluding carboxylic acids is 1. The van der Waals surface area contributed by atoms with E-state index in [4.69, 9.17) is 4.74 Å². The van der Waals surface area contributed by atoms with Crippen molar-refractivity contribution in [2.24, 2.45) is 5.92 Å². The summed E-state index contributed by atoms with van der Waals surface area (Å²) in [7, 11) is 1.42. The van der Waals surface area contributed by atoms with E-state index in [9.17, 15) is 4.79 Å². The highest BCUT2D eigenvalue weighted by atomic mass is 16.5. The molecule has 0 aliphatic heterocycles. The molecule has 0 saturated heterocycles. The third-order valence-corrected chi connectivity index (χ3v) is 3.19. The normalized spacial score (nSPS) is 12.9. The van der Waals surface area contributed by atoms with Gasteiger partial charge in [0.05, 0.1) is 18.1 Å². The number of para-hydroxylation sites is 2. The van der Waals surface area contributed by atoms with Crippen LogP contribution in [0.5, 0.6) is 0 Å². The molecule has 102 valence electrons. The van der Waals surface area contributed by atoms with Crippen LogP contribution in [-0.4, -0.2) is 22.6 Å². The minimum absolute atomic E-state index is 0.242. The standard InChI is InChI=1S/C15H20N2O2/c1-10(2)9-14-16-12-7-5-6-8-13(12)17(14)11(3)15(18)19-4/h5-8,10-11H,9H2,1-4H3. The van der Waals surface area contributed by atoms with Crippen LogP contribution in [0.25, 0.3) is 11.0 Å². The molecule has 0 bridgehead atoms. The summed E-state index contributed by atoms with van der Waals surface area (Å²) in [6.45, 7) is 6.14. The lowest BCUT2D eigenvalue weighted by Gasteiger charge is -2.16. The van der Waals surface area contributed by atoms with Crippen molar-refractivity contribution < 1.29 is 9.53 Å². The van der Waals surface area contributed by atoms with Crippen LogP contribution in [0.2, 0.25) is 0 Å². The predicted octanol–water partition coefficient (Wildman–Crippen LogP) is 2.97. The Morgan fingerprint density at radius 3 is 2.63 bits per heavy atom. The number of fused-ring (bicyclic) bond motifs is 1. The molecule has 4 heteroatoms. The molecule has 0 radical (unpaired) electrons. The van der Waals surface area contributed by atoms with Gasteiger partial charge in [-0.25, -0.2) is 9.78 Å². The van der Waals surface area contributed by atoms with Crippen LogP contribution >= 0.6 is 0 Å². The number of hydrogen-bond donors (Lipinski definition) is 0. The molecule has 19 heavy (non-hydrogen) atoms. The Balaban J connectivity index is 2.57. The van der Waals surface area contributed by atoms with Gasteiger partial charge in [0.2, 0.25) is 0 Å². The molecule has 1 aromatic carbocycles. The molecule has 0 aliphatic carbocycles. The number of aromatic nitrogens is 2. The fraction of sp³-hybridized carbons (Fsp3) is 0.467. The van der Waals surface area contributed by atoms with Gasteiger partial charge in [0.1, 0.15) is 11.9 Å². The molecule has 0 aliphatic rings. The van der Waals surface area contributed by atoms with Crippen LogP contribution < -0.4 is 0 Å². The molecular weight excluding hydrogens is 240 g/mol. The first-order chi connectivity index (χ1) is 9.04. The molecule has 1 atom stereocenters. The molecule has 0 N–H and O–H groups in total. The molecule has 0 amide bonds. The molecule has 1 aromatic heterocycles. The van der Waals surface area contributed by atoms with E-state index in [0.29, 0.717) is 5.92 Å². The summed E-state index contributed by atoms with van der Waals surface area (Å²) in [6, 6.07) is 7.53. The lowest BCUT2D eigenvalue weighted by Crippen LogP contribution is -2.20. The molecule has 2 aromatic rings. The van der Waals surface area contributed by atoms with Crippen molar-refractivity contribution in [3.05, 3.63) is 30.1 Å². The van der Waals surface area contributed by atoms with Crippen LogP contribution in [0.3, 0.4) is 0 Å². The third-order valence-electron chi connectivity index (χ3n) is 3.19. The first-order valence-electron chi connectivity index (χ1n) is 6.58. The van der Waals surface area contributed by atoms with Crippen LogP contribution in [0.1, 0.15) is 32.6 Å². The quantitative estimate of drug-likeness (QED) is 0.794. The first kappa shape index (κ1) is 13.6. The molecule has 0 saturated carbocycles. The van der Waals surface area contributed by atoms with E-state index in [0.717, 1.165) is 23.3 Å². The Bertz CT molecular complexity index is 587. The number of hydrogen-bond acceptors (Lipinski definition) is 3. The van der Waals surface area contributed by atoms with Crippen molar-refractivity contribution in [3.63, 3.8) is 0 Å². The summed E-state index contributed by atoms with van der Waals surface area (Å²) in [5.74, 6) is 1.18. The second-order valence-electron chi connectivity index (χ2n) is 5.18. The summed E-state index contributed by atoms with van der Waals surface area (Å²) in [5.41, 5.74) is 1.91. The fourth-order valence-electron chi connectivity index (χ4n) is 2.31. The van der Waals surface area contributed by atoms with Gasteiger partial charge in [0.15, 0.2) is 0 Å². The first-order valence-corrected chi connectivity index (χ1v) is 6.58. The van der Waals surface area contributed by atoms with Gasteiger partial charge in [-0.15, -0.1) is 0 Å². The predicted molar refractivity (Wildman–Crippen MR) is 75.0 cm³/mol. The van der Waals surface area contributed by atoms with Gasteiger partial charge >= 0.3 is 5.97 Å². The van der Waals surface area contributed by atoms with Crippen LogP contribution in [0, 0.1) is 5.92 Å². The average molecular weight is 260 g/mol. The largest absolute Gasteiger partial charge is 0.467 e. The monoisotopic (exact) mass is 260 g/mol. The van der Waals surface area contributed by atoms with Gasteiger partial charge < -0.3 is 9.30 Å². The van der Waals surface area contributed by atoms with Crippen molar-refractivity contribution in [2.45, 2.75) is 33.2 Å². The summed E-state index contributed by atoms with van der Waals surface area (Å²) in [5, 5.41) is 0. The molecule has 2 rings (SSSR count). The van der Waals surface area contributed by atoms with Crippen molar-refractivity contribution in [1.29, 1.82) is 0 Å². The van der Waals surface area contributed by atoms with Gasteiger partial charge in [-0.2, -0.15) is 0 Å². The van der Waals surface area contributed by atoms with E-state index >= 15 is 0 Å². The van der Waals surface area contributed by atoms with Crippen molar-refractivity contribution in [2.75, 3.05) is 7.11 Å². The second kappa shape index (κ2) is 5.43. The number of esters is 1. The van der Waals surface area contributed by atoms with Crippen molar-refractivity contribution in [1.82, 2.24) is 9.55 Å². The fourth-order valence-corrected chi connectivity index (χ4v) is 2.31. The maximum absolute atomic E-state index is 11.8. The minimum Gasteiger partial charge on any atom is -0.467 e. The highest BCUT2D eigenvalue weighted by Gasteiger charge is 2.22. The lowest BCUT2D eigenvalue weighted by atomic mass is 10.1. The second-order valence-corrected chi connectivity index (χ2v) is 5.18. The number of methoxy groups -OCH3 is 1. The van der Waals surface area contributed by atoms with E-state index in [1.54, 1.807) is 0 Å². The van der Waals surface area contributed by atoms with E-state index in [1.807, 2.05) is 35.8 Å². The molecule has 0 spiro atoms. The summed E-state index contributed by atoms with van der Waals surface area (Å²) in [4.78, 5) is 16.5. The topological polar surface area (TPSA) is 44.1 Å². The summed E-state index contributed by atoms with van der Waals surface area (Å²) in [6.07, 6.45) is 0.843. The highest BCUT2D eigenvalue weighted by Crippen LogP contribution is 2.23. The van der Waals surface area contributed by atoms with Crippen LogP contribution in [-0.2, 0) is 16.0 Å². The lowest BCUT2D eigenvalue weighted by molar-refractivity contribution is -0.144. The SMILES string of the molecule is COC(=O)C(C)n1c(CC(C)C)nc2ccccc21. The van der Waals surface area contributed by atoms with E-state index in [-0.39, 0.29) is 12.0 Å². The number of ether oxygens (including phenoxy) is 1. The average Bonchev–Trinajstić information content (AvgIpc) is 2.73. The maximum Gasteiger partial charge on any atom is 0.328 e. The molecule has 4 nitrogen and oxygen atoms in total. The summed E-state index contributed by atoms with van der Waals surface area (Å²) >= 11 is 0. The van der Waals surface area contributed by atoms with Gasteiger partial charge in [0, 0.05) is 6.42 Å². The number of benzene rings is 1. The Hall–Kier alpha value is -1.84. The zero-order valence-corrected chi connectivity index (χ0v) is 11.9. The molecule has 1 heterocycles. The van der Waals surface area contributed by atoms with Crippen molar-refractivity contribution >= 4 is 17.0 Å². The van der Waals surface area contributed by atoms with E-state index in [2.05, 4.69) is 18.8 Å². The minimum atomic E-state index is -0.355. The number of nitrogens with zero attached hydrogens (tertiary/aromatic N) is 2. The number of rotatable bonds is 4. The molecule has 1 unspecified atom stereocenters. The molecular formula is C15H20N2O2. The van der Waals surface area contributed by atoms with Crippen LogP contribution in [0.15, 0.2) is 24.3 Å². The van der Waals surface area contributed by atoms with Gasteiger partial charge in [0.25, 0.3) is 0 Å². The third kappa shape index (κ3) is 2.62. The van der Waals surface area contributed by atoms with Gasteiger partial charge in [-0.1, -0.05) is 26.0 Å².